The number of hydrogen-bond acceptors (Lipinski definition) is 2. The van der Waals surface area contributed by atoms with Crippen LogP contribution >= 0.6 is 0 Å². The third kappa shape index (κ3) is 2.70. The van der Waals surface area contributed by atoms with Gasteiger partial charge in [-0.25, -0.2) is 4.39 Å². The Morgan fingerprint density at radius 2 is 1.81 bits per heavy atom. The summed E-state index contributed by atoms with van der Waals surface area (Å²) in [5, 5.41) is 14.5. The van der Waals surface area contributed by atoms with Gasteiger partial charge in [0.1, 0.15) is 11.9 Å². The molecule has 3 rings (SSSR count). The van der Waals surface area contributed by atoms with E-state index in [1.807, 2.05) is 24.3 Å². The Morgan fingerprint density at radius 1 is 1.00 bits per heavy atom. The smallest absolute Gasteiger partial charge is 0.141 e. The summed E-state index contributed by atoms with van der Waals surface area (Å²) in [6.07, 6.45) is 0. The topological polar surface area (TPSA) is 35.8 Å². The summed E-state index contributed by atoms with van der Waals surface area (Å²) < 4.78 is 13.3. The van der Waals surface area contributed by atoms with E-state index < -0.39 is 5.82 Å². The van der Waals surface area contributed by atoms with Crippen LogP contribution in [-0.2, 0) is 6.54 Å². The van der Waals surface area contributed by atoms with Crippen LogP contribution in [0.5, 0.6) is 0 Å². The third-order valence-corrected chi connectivity index (χ3v) is 3.45. The van der Waals surface area contributed by atoms with Crippen molar-refractivity contribution < 1.29 is 4.39 Å². The summed E-state index contributed by atoms with van der Waals surface area (Å²) in [4.78, 5) is 0. The molecule has 0 aromatic heterocycles. The summed E-state index contributed by atoms with van der Waals surface area (Å²) in [5.74, 6) is -0.492. The van der Waals surface area contributed by atoms with E-state index >= 15 is 0 Å². The minimum atomic E-state index is -0.492. The SMILES string of the molecule is N#Cc1cc(NCc2cccc3ccccc23)ccc1F. The van der Waals surface area contributed by atoms with Gasteiger partial charge in [0.25, 0.3) is 0 Å². The summed E-state index contributed by atoms with van der Waals surface area (Å²) >= 11 is 0. The molecule has 21 heavy (non-hydrogen) atoms. The minimum absolute atomic E-state index is 0.0536. The van der Waals surface area contributed by atoms with E-state index in [4.69, 9.17) is 5.26 Å². The molecule has 3 heteroatoms. The van der Waals surface area contributed by atoms with Gasteiger partial charge in [-0.05, 0) is 34.5 Å². The summed E-state index contributed by atoms with van der Waals surface area (Å²) in [6, 6.07) is 20.7. The number of nitrogens with zero attached hydrogens (tertiary/aromatic N) is 1. The van der Waals surface area contributed by atoms with Crippen LogP contribution in [0.1, 0.15) is 11.1 Å². The first-order chi connectivity index (χ1) is 10.3. The van der Waals surface area contributed by atoms with Gasteiger partial charge >= 0.3 is 0 Å². The number of halogens is 1. The molecular formula is C18H13FN2. The number of rotatable bonds is 3. The highest BCUT2D eigenvalue weighted by Crippen LogP contribution is 2.20. The van der Waals surface area contributed by atoms with Crippen molar-refractivity contribution in [2.75, 3.05) is 5.32 Å². The molecule has 0 aliphatic carbocycles. The van der Waals surface area contributed by atoms with Crippen LogP contribution in [0.15, 0.2) is 60.7 Å². The zero-order valence-corrected chi connectivity index (χ0v) is 11.3. The van der Waals surface area contributed by atoms with Crippen LogP contribution in [0, 0.1) is 17.1 Å². The maximum Gasteiger partial charge on any atom is 0.141 e. The number of nitrogens with one attached hydrogen (secondary N) is 1. The van der Waals surface area contributed by atoms with Crippen molar-refractivity contribution in [3.63, 3.8) is 0 Å². The lowest BCUT2D eigenvalue weighted by molar-refractivity contribution is 0.624. The van der Waals surface area contributed by atoms with Crippen molar-refractivity contribution in [2.45, 2.75) is 6.54 Å². The molecule has 102 valence electrons. The molecule has 0 saturated heterocycles. The Kier molecular flexibility index (Phi) is 3.53. The fourth-order valence-electron chi connectivity index (χ4n) is 2.36. The Bertz CT molecular complexity index is 829. The Labute approximate surface area is 122 Å². The predicted octanol–water partition coefficient (Wildman–Crippen LogP) is 4.46. The second-order valence-corrected chi connectivity index (χ2v) is 4.80. The normalized spacial score (nSPS) is 10.3. The number of benzene rings is 3. The highest BCUT2D eigenvalue weighted by molar-refractivity contribution is 5.85. The average Bonchev–Trinajstić information content (AvgIpc) is 2.54. The van der Waals surface area contributed by atoms with E-state index in [1.165, 1.54) is 22.9 Å². The molecule has 0 aliphatic heterocycles. The van der Waals surface area contributed by atoms with Crippen LogP contribution in [0.2, 0.25) is 0 Å². The van der Waals surface area contributed by atoms with Crippen molar-refractivity contribution in [1.82, 2.24) is 0 Å². The predicted molar refractivity (Wildman–Crippen MR) is 82.4 cm³/mol. The first-order valence-electron chi connectivity index (χ1n) is 6.68. The molecule has 0 amide bonds. The van der Waals surface area contributed by atoms with Crippen molar-refractivity contribution >= 4 is 16.5 Å². The zero-order chi connectivity index (χ0) is 14.7. The van der Waals surface area contributed by atoms with Crippen LogP contribution < -0.4 is 5.32 Å². The molecule has 0 bridgehead atoms. The molecule has 0 spiro atoms. The molecule has 0 unspecified atom stereocenters. The lowest BCUT2D eigenvalue weighted by atomic mass is 10.0. The lowest BCUT2D eigenvalue weighted by Gasteiger charge is -2.10. The van der Waals surface area contributed by atoms with Crippen molar-refractivity contribution in [2.24, 2.45) is 0 Å². The van der Waals surface area contributed by atoms with Gasteiger partial charge in [0, 0.05) is 12.2 Å². The molecule has 0 atom stereocenters. The van der Waals surface area contributed by atoms with Crippen molar-refractivity contribution in [3.05, 3.63) is 77.6 Å². The van der Waals surface area contributed by atoms with E-state index in [-0.39, 0.29) is 5.56 Å². The van der Waals surface area contributed by atoms with Crippen LogP contribution in [0.4, 0.5) is 10.1 Å². The quantitative estimate of drug-likeness (QED) is 0.766. The first-order valence-corrected chi connectivity index (χ1v) is 6.68. The monoisotopic (exact) mass is 276 g/mol. The van der Waals surface area contributed by atoms with E-state index in [2.05, 4.69) is 29.6 Å². The number of fused-ring (bicyclic) bond motifs is 1. The summed E-state index contributed by atoms with van der Waals surface area (Å²) in [7, 11) is 0. The molecule has 0 heterocycles. The van der Waals surface area contributed by atoms with Crippen LogP contribution in [-0.4, -0.2) is 0 Å². The second kappa shape index (κ2) is 5.64. The van der Waals surface area contributed by atoms with E-state index in [1.54, 1.807) is 6.07 Å². The molecule has 0 fully saturated rings. The van der Waals surface area contributed by atoms with Gasteiger partial charge in [-0.3, -0.25) is 0 Å². The molecule has 2 nitrogen and oxygen atoms in total. The molecule has 3 aromatic carbocycles. The molecule has 1 N–H and O–H groups in total. The largest absolute Gasteiger partial charge is 0.381 e. The fraction of sp³-hybridized carbons (Fsp3) is 0.0556. The summed E-state index contributed by atoms with van der Waals surface area (Å²) in [6.45, 7) is 0.623. The Hall–Kier alpha value is -2.86. The van der Waals surface area contributed by atoms with Crippen LogP contribution in [0.25, 0.3) is 10.8 Å². The average molecular weight is 276 g/mol. The van der Waals surface area contributed by atoms with Gasteiger partial charge in [0.15, 0.2) is 0 Å². The van der Waals surface area contributed by atoms with Gasteiger partial charge in [0.05, 0.1) is 5.56 Å². The van der Waals surface area contributed by atoms with E-state index in [0.29, 0.717) is 6.54 Å². The van der Waals surface area contributed by atoms with Crippen molar-refractivity contribution in [3.8, 4) is 6.07 Å². The Morgan fingerprint density at radius 3 is 2.67 bits per heavy atom. The third-order valence-electron chi connectivity index (χ3n) is 3.45. The Balaban J connectivity index is 1.86. The highest BCUT2D eigenvalue weighted by atomic mass is 19.1. The number of anilines is 1. The molecule has 0 radical (unpaired) electrons. The maximum atomic E-state index is 13.3. The lowest BCUT2D eigenvalue weighted by Crippen LogP contribution is -2.00. The summed E-state index contributed by atoms with van der Waals surface area (Å²) in [5.41, 5.74) is 1.95. The maximum absolute atomic E-state index is 13.3. The van der Waals surface area contributed by atoms with Gasteiger partial charge in [-0.2, -0.15) is 5.26 Å². The molecular weight excluding hydrogens is 263 g/mol. The van der Waals surface area contributed by atoms with Gasteiger partial charge < -0.3 is 5.32 Å². The minimum Gasteiger partial charge on any atom is -0.381 e. The zero-order valence-electron chi connectivity index (χ0n) is 11.3. The van der Waals surface area contributed by atoms with Gasteiger partial charge in [-0.1, -0.05) is 42.5 Å². The molecule has 0 saturated carbocycles. The fourth-order valence-corrected chi connectivity index (χ4v) is 2.36. The number of hydrogen-bond donors (Lipinski definition) is 1. The van der Waals surface area contributed by atoms with Gasteiger partial charge in [-0.15, -0.1) is 0 Å². The second-order valence-electron chi connectivity index (χ2n) is 4.80. The van der Waals surface area contributed by atoms with E-state index in [0.717, 1.165) is 11.3 Å². The number of nitriles is 1. The first kappa shape index (κ1) is 13.1. The van der Waals surface area contributed by atoms with Crippen LogP contribution in [0.3, 0.4) is 0 Å². The van der Waals surface area contributed by atoms with E-state index in [9.17, 15) is 4.39 Å². The molecule has 0 aliphatic rings. The standard InChI is InChI=1S/C18H13FN2/c19-18-9-8-16(10-15(18)11-20)21-12-14-6-3-5-13-4-1-2-7-17(13)14/h1-10,21H,12H2. The highest BCUT2D eigenvalue weighted by Gasteiger charge is 2.04. The van der Waals surface area contributed by atoms with Crippen molar-refractivity contribution in [1.29, 1.82) is 5.26 Å². The molecule has 3 aromatic rings. The van der Waals surface area contributed by atoms with Gasteiger partial charge in [0.2, 0.25) is 0 Å².